The number of aromatic carboxylic acids is 1. The van der Waals surface area contributed by atoms with Gasteiger partial charge < -0.3 is 9.52 Å². The van der Waals surface area contributed by atoms with Crippen LogP contribution < -0.4 is 0 Å². The summed E-state index contributed by atoms with van der Waals surface area (Å²) in [5, 5.41) is 8.52. The summed E-state index contributed by atoms with van der Waals surface area (Å²) in [5.74, 6) is -3.12. The van der Waals surface area contributed by atoms with Gasteiger partial charge in [-0.15, -0.1) is 0 Å². The lowest BCUT2D eigenvalue weighted by Crippen LogP contribution is -2.08. The molecule has 5 nitrogen and oxygen atoms in total. The Morgan fingerprint density at radius 2 is 2.05 bits per heavy atom. The number of furan rings is 1. The maximum absolute atomic E-state index is 13.0. The molecule has 2 rings (SSSR count). The van der Waals surface area contributed by atoms with E-state index in [0.29, 0.717) is 0 Å². The van der Waals surface area contributed by atoms with Gasteiger partial charge in [0.25, 0.3) is 0 Å². The first kappa shape index (κ1) is 14.5. The van der Waals surface area contributed by atoms with Gasteiger partial charge in [-0.1, -0.05) is 11.6 Å². The molecule has 0 saturated heterocycles. The average molecular weight is 319 g/mol. The van der Waals surface area contributed by atoms with Gasteiger partial charge in [0, 0.05) is 5.56 Å². The number of carbonyl (C=O) groups is 1. The number of hydrogen-bond acceptors (Lipinski definition) is 4. The molecule has 1 N–H and O–H groups in total. The molecule has 0 aliphatic carbocycles. The standard InChI is InChI=1S/C12H8ClFO5S/c13-9-5-8(1-2-10(9)14)20(17,18)6-7-3-4-19-11(7)12(15)16/h1-5H,6H2,(H,15,16). The maximum atomic E-state index is 13.0. The summed E-state index contributed by atoms with van der Waals surface area (Å²) in [6.07, 6.45) is 1.09. The highest BCUT2D eigenvalue weighted by molar-refractivity contribution is 7.90. The largest absolute Gasteiger partial charge is 0.475 e. The molecule has 0 spiro atoms. The molecule has 106 valence electrons. The number of sulfone groups is 1. The third-order valence-electron chi connectivity index (χ3n) is 2.54. The summed E-state index contributed by atoms with van der Waals surface area (Å²) in [4.78, 5) is 10.7. The van der Waals surface area contributed by atoms with Crippen molar-refractivity contribution in [3.8, 4) is 0 Å². The predicted octanol–water partition coefficient (Wildman–Crippen LogP) is 2.74. The number of hydrogen-bond donors (Lipinski definition) is 1. The van der Waals surface area contributed by atoms with E-state index in [-0.39, 0.29) is 15.5 Å². The van der Waals surface area contributed by atoms with Crippen LogP contribution in [-0.4, -0.2) is 19.5 Å². The first-order valence-corrected chi connectivity index (χ1v) is 7.32. The summed E-state index contributed by atoms with van der Waals surface area (Å²) < 4.78 is 42.0. The highest BCUT2D eigenvalue weighted by Crippen LogP contribution is 2.24. The topological polar surface area (TPSA) is 84.6 Å². The Hall–Kier alpha value is -1.86. The van der Waals surface area contributed by atoms with Crippen LogP contribution in [0, 0.1) is 5.82 Å². The van der Waals surface area contributed by atoms with Crippen molar-refractivity contribution in [3.63, 3.8) is 0 Å². The summed E-state index contributed by atoms with van der Waals surface area (Å²) in [6.45, 7) is 0. The van der Waals surface area contributed by atoms with Gasteiger partial charge in [-0.3, -0.25) is 0 Å². The van der Waals surface area contributed by atoms with Crippen molar-refractivity contribution < 1.29 is 27.1 Å². The van der Waals surface area contributed by atoms with E-state index in [1.807, 2.05) is 0 Å². The van der Waals surface area contributed by atoms with Crippen molar-refractivity contribution in [3.05, 3.63) is 52.7 Å². The lowest BCUT2D eigenvalue weighted by atomic mass is 10.3. The number of carboxylic acid groups (broad SMARTS) is 1. The minimum Gasteiger partial charge on any atom is -0.475 e. The average Bonchev–Trinajstić information content (AvgIpc) is 2.80. The van der Waals surface area contributed by atoms with Crippen molar-refractivity contribution >= 4 is 27.4 Å². The minimum absolute atomic E-state index is 0.0120. The van der Waals surface area contributed by atoms with Crippen LogP contribution in [0.3, 0.4) is 0 Å². The summed E-state index contributed by atoms with van der Waals surface area (Å²) >= 11 is 5.53. The molecule has 0 fully saturated rings. The van der Waals surface area contributed by atoms with Crippen LogP contribution in [0.4, 0.5) is 4.39 Å². The fraction of sp³-hybridized carbons (Fsp3) is 0.0833. The third-order valence-corrected chi connectivity index (χ3v) is 4.49. The van der Waals surface area contributed by atoms with E-state index < -0.39 is 33.1 Å². The zero-order valence-electron chi connectivity index (χ0n) is 9.84. The van der Waals surface area contributed by atoms with Gasteiger partial charge in [-0.05, 0) is 24.3 Å². The summed E-state index contributed by atoms with van der Waals surface area (Å²) in [5.41, 5.74) is 0.0120. The molecule has 1 aromatic carbocycles. The van der Waals surface area contributed by atoms with Crippen LogP contribution >= 0.6 is 11.6 Å². The molecule has 0 aliphatic rings. The zero-order chi connectivity index (χ0) is 14.9. The Balaban J connectivity index is 2.38. The number of halogens is 2. The third kappa shape index (κ3) is 2.83. The molecule has 20 heavy (non-hydrogen) atoms. The number of benzene rings is 1. The molecule has 0 amide bonds. The maximum Gasteiger partial charge on any atom is 0.372 e. The van der Waals surface area contributed by atoms with Crippen LogP contribution in [0.15, 0.2) is 39.8 Å². The minimum atomic E-state index is -3.85. The molecular weight excluding hydrogens is 311 g/mol. The van der Waals surface area contributed by atoms with Crippen LogP contribution in [0.1, 0.15) is 16.1 Å². The van der Waals surface area contributed by atoms with Crippen molar-refractivity contribution in [2.75, 3.05) is 0 Å². The zero-order valence-corrected chi connectivity index (χ0v) is 11.4. The number of rotatable bonds is 4. The fourth-order valence-electron chi connectivity index (χ4n) is 1.60. The first-order valence-electron chi connectivity index (χ1n) is 5.29. The van der Waals surface area contributed by atoms with E-state index in [1.54, 1.807) is 0 Å². The van der Waals surface area contributed by atoms with Gasteiger partial charge in [0.05, 0.1) is 21.9 Å². The molecule has 1 aromatic heterocycles. The van der Waals surface area contributed by atoms with E-state index in [4.69, 9.17) is 21.1 Å². The monoisotopic (exact) mass is 318 g/mol. The second-order valence-corrected chi connectivity index (χ2v) is 6.31. The van der Waals surface area contributed by atoms with Gasteiger partial charge in [-0.2, -0.15) is 0 Å². The van der Waals surface area contributed by atoms with E-state index in [0.717, 1.165) is 24.5 Å². The van der Waals surface area contributed by atoms with Gasteiger partial charge in [0.2, 0.25) is 5.76 Å². The Bertz CT molecular complexity index is 766. The second-order valence-electron chi connectivity index (χ2n) is 3.92. The Kier molecular flexibility index (Phi) is 3.82. The molecule has 0 aliphatic heterocycles. The van der Waals surface area contributed by atoms with Crippen molar-refractivity contribution in [1.29, 1.82) is 0 Å². The molecule has 0 unspecified atom stereocenters. The molecule has 1 heterocycles. The second kappa shape index (κ2) is 5.26. The summed E-state index contributed by atoms with van der Waals surface area (Å²) in [7, 11) is -3.85. The van der Waals surface area contributed by atoms with Crippen molar-refractivity contribution in [2.45, 2.75) is 10.6 Å². The lowest BCUT2D eigenvalue weighted by molar-refractivity contribution is 0.0661. The van der Waals surface area contributed by atoms with Gasteiger partial charge in [-0.25, -0.2) is 17.6 Å². The molecular formula is C12H8ClFO5S. The van der Waals surface area contributed by atoms with E-state index in [9.17, 15) is 17.6 Å². The summed E-state index contributed by atoms with van der Waals surface area (Å²) in [6, 6.07) is 4.23. The van der Waals surface area contributed by atoms with Crippen LogP contribution in [0.2, 0.25) is 5.02 Å². The first-order chi connectivity index (χ1) is 9.31. The molecule has 0 radical (unpaired) electrons. The quantitative estimate of drug-likeness (QED) is 0.876. The van der Waals surface area contributed by atoms with Crippen LogP contribution in [0.25, 0.3) is 0 Å². The normalized spacial score (nSPS) is 11.5. The molecule has 8 heteroatoms. The molecule has 0 saturated carbocycles. The fourth-order valence-corrected chi connectivity index (χ4v) is 3.22. The van der Waals surface area contributed by atoms with E-state index in [2.05, 4.69) is 0 Å². The van der Waals surface area contributed by atoms with Gasteiger partial charge in [0.1, 0.15) is 5.82 Å². The molecule has 0 bridgehead atoms. The van der Waals surface area contributed by atoms with Crippen LogP contribution in [-0.2, 0) is 15.6 Å². The Morgan fingerprint density at radius 3 is 2.65 bits per heavy atom. The lowest BCUT2D eigenvalue weighted by Gasteiger charge is -2.04. The Labute approximate surface area is 118 Å². The molecule has 2 aromatic rings. The predicted molar refractivity (Wildman–Crippen MR) is 68.0 cm³/mol. The van der Waals surface area contributed by atoms with Gasteiger partial charge in [0.15, 0.2) is 9.84 Å². The van der Waals surface area contributed by atoms with E-state index >= 15 is 0 Å². The van der Waals surface area contributed by atoms with E-state index in [1.165, 1.54) is 6.07 Å². The van der Waals surface area contributed by atoms with Gasteiger partial charge >= 0.3 is 5.97 Å². The Morgan fingerprint density at radius 1 is 1.35 bits per heavy atom. The van der Waals surface area contributed by atoms with Crippen molar-refractivity contribution in [1.82, 2.24) is 0 Å². The highest BCUT2D eigenvalue weighted by Gasteiger charge is 2.22. The number of carboxylic acids is 1. The van der Waals surface area contributed by atoms with Crippen LogP contribution in [0.5, 0.6) is 0 Å². The van der Waals surface area contributed by atoms with Crippen molar-refractivity contribution in [2.24, 2.45) is 0 Å². The SMILES string of the molecule is O=C(O)c1occc1CS(=O)(=O)c1ccc(F)c(Cl)c1. The highest BCUT2D eigenvalue weighted by atomic mass is 35.5. The molecule has 0 atom stereocenters. The smallest absolute Gasteiger partial charge is 0.372 e.